The molecule has 2 N–H and O–H groups in total. The van der Waals surface area contributed by atoms with Crippen molar-refractivity contribution in [2.75, 3.05) is 24.9 Å². The van der Waals surface area contributed by atoms with Crippen molar-refractivity contribution in [3.63, 3.8) is 0 Å². The Morgan fingerprint density at radius 3 is 2.45 bits per heavy atom. The SMILES string of the molecule is COc1ccc(OC)c(NC(=O)c2cc(NC(C)c3ccccc3)nc(C)n2)c1. The number of anilines is 2. The molecule has 0 saturated carbocycles. The second-order valence-electron chi connectivity index (χ2n) is 6.48. The lowest BCUT2D eigenvalue weighted by Crippen LogP contribution is -2.17. The molecule has 0 saturated heterocycles. The highest BCUT2D eigenvalue weighted by Crippen LogP contribution is 2.29. The molecule has 3 aromatic rings. The Morgan fingerprint density at radius 1 is 1.00 bits per heavy atom. The summed E-state index contributed by atoms with van der Waals surface area (Å²) in [6.45, 7) is 3.79. The van der Waals surface area contributed by atoms with Crippen molar-refractivity contribution < 1.29 is 14.3 Å². The largest absolute Gasteiger partial charge is 0.497 e. The molecular weight excluding hydrogens is 368 g/mol. The Balaban J connectivity index is 1.81. The number of benzene rings is 2. The fourth-order valence-electron chi connectivity index (χ4n) is 2.90. The van der Waals surface area contributed by atoms with Crippen LogP contribution in [0.3, 0.4) is 0 Å². The molecule has 150 valence electrons. The minimum Gasteiger partial charge on any atom is -0.497 e. The van der Waals surface area contributed by atoms with Gasteiger partial charge in [0.05, 0.1) is 19.9 Å². The molecule has 0 radical (unpaired) electrons. The van der Waals surface area contributed by atoms with Crippen molar-refractivity contribution in [1.29, 1.82) is 0 Å². The number of methoxy groups -OCH3 is 2. The zero-order chi connectivity index (χ0) is 20.8. The summed E-state index contributed by atoms with van der Waals surface area (Å²) in [5, 5.41) is 6.15. The van der Waals surface area contributed by atoms with Crippen molar-refractivity contribution in [2.24, 2.45) is 0 Å². The molecule has 0 bridgehead atoms. The van der Waals surface area contributed by atoms with Crippen LogP contribution in [-0.2, 0) is 0 Å². The molecule has 3 rings (SSSR count). The molecule has 7 heteroatoms. The van der Waals surface area contributed by atoms with Gasteiger partial charge in [-0.1, -0.05) is 30.3 Å². The molecule has 0 aliphatic rings. The van der Waals surface area contributed by atoms with Crippen LogP contribution in [0.2, 0.25) is 0 Å². The van der Waals surface area contributed by atoms with E-state index in [1.165, 1.54) is 0 Å². The summed E-state index contributed by atoms with van der Waals surface area (Å²) in [4.78, 5) is 21.5. The van der Waals surface area contributed by atoms with Crippen LogP contribution in [0.5, 0.6) is 11.5 Å². The van der Waals surface area contributed by atoms with Gasteiger partial charge in [0.1, 0.15) is 28.8 Å². The van der Waals surface area contributed by atoms with Crippen molar-refractivity contribution in [3.05, 3.63) is 71.7 Å². The van der Waals surface area contributed by atoms with Gasteiger partial charge >= 0.3 is 0 Å². The lowest BCUT2D eigenvalue weighted by molar-refractivity contribution is 0.102. The number of hydrogen-bond donors (Lipinski definition) is 2. The molecule has 29 heavy (non-hydrogen) atoms. The van der Waals surface area contributed by atoms with Gasteiger partial charge in [0.15, 0.2) is 0 Å². The number of nitrogens with one attached hydrogen (secondary N) is 2. The number of nitrogens with zero attached hydrogens (tertiary/aromatic N) is 2. The highest BCUT2D eigenvalue weighted by atomic mass is 16.5. The summed E-state index contributed by atoms with van der Waals surface area (Å²) in [5.74, 6) is 1.85. The van der Waals surface area contributed by atoms with Gasteiger partial charge in [-0.05, 0) is 31.5 Å². The number of amides is 1. The average Bonchev–Trinajstić information content (AvgIpc) is 2.73. The number of aryl methyl sites for hydroxylation is 1. The van der Waals surface area contributed by atoms with Gasteiger partial charge in [-0.25, -0.2) is 9.97 Å². The third-order valence-corrected chi connectivity index (χ3v) is 4.39. The van der Waals surface area contributed by atoms with Crippen LogP contribution in [-0.4, -0.2) is 30.1 Å². The Kier molecular flexibility index (Phi) is 6.29. The summed E-state index contributed by atoms with van der Waals surface area (Å²) in [6.07, 6.45) is 0. The van der Waals surface area contributed by atoms with E-state index in [0.29, 0.717) is 28.8 Å². The molecule has 0 spiro atoms. The van der Waals surface area contributed by atoms with Gasteiger partial charge in [-0.2, -0.15) is 0 Å². The van der Waals surface area contributed by atoms with E-state index in [2.05, 4.69) is 20.6 Å². The fourth-order valence-corrected chi connectivity index (χ4v) is 2.90. The number of rotatable bonds is 7. The highest BCUT2D eigenvalue weighted by molar-refractivity contribution is 6.04. The van der Waals surface area contributed by atoms with Crippen molar-refractivity contribution in [1.82, 2.24) is 9.97 Å². The van der Waals surface area contributed by atoms with Crippen LogP contribution in [0.1, 0.15) is 34.8 Å². The maximum absolute atomic E-state index is 12.8. The van der Waals surface area contributed by atoms with Gasteiger partial charge in [-0.15, -0.1) is 0 Å². The number of aromatic nitrogens is 2. The first-order valence-corrected chi connectivity index (χ1v) is 9.20. The smallest absolute Gasteiger partial charge is 0.274 e. The standard InChI is InChI=1S/C22H24N4O3/c1-14(16-8-6-5-7-9-16)23-21-13-19(24-15(2)25-21)22(27)26-18-12-17(28-3)10-11-20(18)29-4/h5-14H,1-4H3,(H,26,27)(H,23,24,25). The van der Waals surface area contributed by atoms with E-state index in [0.717, 1.165) is 5.56 Å². The molecule has 1 aromatic heterocycles. The third kappa shape index (κ3) is 5.01. The quantitative estimate of drug-likeness (QED) is 0.626. The van der Waals surface area contributed by atoms with E-state index in [9.17, 15) is 4.79 Å². The summed E-state index contributed by atoms with van der Waals surface area (Å²) in [7, 11) is 3.10. The van der Waals surface area contributed by atoms with Crippen molar-refractivity contribution >= 4 is 17.4 Å². The van der Waals surface area contributed by atoms with Gasteiger partial charge in [0.2, 0.25) is 0 Å². The monoisotopic (exact) mass is 392 g/mol. The zero-order valence-corrected chi connectivity index (χ0v) is 16.9. The zero-order valence-electron chi connectivity index (χ0n) is 16.9. The van der Waals surface area contributed by atoms with E-state index in [1.807, 2.05) is 37.3 Å². The molecule has 1 heterocycles. The molecule has 2 aromatic carbocycles. The maximum atomic E-state index is 12.8. The summed E-state index contributed by atoms with van der Waals surface area (Å²) in [5.41, 5.74) is 1.88. The maximum Gasteiger partial charge on any atom is 0.274 e. The van der Waals surface area contributed by atoms with Crippen LogP contribution < -0.4 is 20.1 Å². The summed E-state index contributed by atoms with van der Waals surface area (Å²) < 4.78 is 10.5. The predicted molar refractivity (Wildman–Crippen MR) is 113 cm³/mol. The number of carbonyl (C=O) groups excluding carboxylic acids is 1. The lowest BCUT2D eigenvalue weighted by atomic mass is 10.1. The van der Waals surface area contributed by atoms with Gasteiger partial charge in [0, 0.05) is 18.2 Å². The van der Waals surface area contributed by atoms with E-state index in [-0.39, 0.29) is 17.6 Å². The van der Waals surface area contributed by atoms with E-state index in [4.69, 9.17) is 9.47 Å². The van der Waals surface area contributed by atoms with Crippen LogP contribution in [0.15, 0.2) is 54.6 Å². The summed E-state index contributed by atoms with van der Waals surface area (Å²) >= 11 is 0. The molecule has 0 aliphatic heterocycles. The van der Waals surface area contributed by atoms with Crippen LogP contribution in [0.25, 0.3) is 0 Å². The van der Waals surface area contributed by atoms with Crippen molar-refractivity contribution in [2.45, 2.75) is 19.9 Å². The molecule has 7 nitrogen and oxygen atoms in total. The number of ether oxygens (including phenoxy) is 2. The molecule has 1 atom stereocenters. The minimum absolute atomic E-state index is 0.0277. The topological polar surface area (TPSA) is 85.4 Å². The van der Waals surface area contributed by atoms with E-state index >= 15 is 0 Å². The summed E-state index contributed by atoms with van der Waals surface area (Å²) in [6, 6.07) is 16.9. The Bertz CT molecular complexity index is 993. The lowest BCUT2D eigenvalue weighted by Gasteiger charge is -2.16. The molecule has 0 fully saturated rings. The van der Waals surface area contributed by atoms with Gasteiger partial charge in [0.25, 0.3) is 5.91 Å². The molecule has 0 aliphatic carbocycles. The number of hydrogen-bond acceptors (Lipinski definition) is 6. The first-order chi connectivity index (χ1) is 14.0. The Morgan fingerprint density at radius 2 is 1.76 bits per heavy atom. The first-order valence-electron chi connectivity index (χ1n) is 9.20. The average molecular weight is 392 g/mol. The van der Waals surface area contributed by atoms with Crippen LogP contribution in [0.4, 0.5) is 11.5 Å². The Labute approximate surface area is 170 Å². The van der Waals surface area contributed by atoms with E-state index in [1.54, 1.807) is 45.4 Å². The third-order valence-electron chi connectivity index (χ3n) is 4.39. The highest BCUT2D eigenvalue weighted by Gasteiger charge is 2.15. The molecule has 1 amide bonds. The van der Waals surface area contributed by atoms with Crippen molar-refractivity contribution in [3.8, 4) is 11.5 Å². The molecule has 1 unspecified atom stereocenters. The van der Waals surface area contributed by atoms with Crippen LogP contribution >= 0.6 is 0 Å². The minimum atomic E-state index is -0.363. The fraction of sp³-hybridized carbons (Fsp3) is 0.227. The Hall–Kier alpha value is -3.61. The number of carbonyl (C=O) groups is 1. The van der Waals surface area contributed by atoms with Gasteiger partial charge in [-0.3, -0.25) is 4.79 Å². The first kappa shape index (κ1) is 20.1. The molecular formula is C22H24N4O3. The van der Waals surface area contributed by atoms with Gasteiger partial charge < -0.3 is 20.1 Å². The second-order valence-corrected chi connectivity index (χ2v) is 6.48. The predicted octanol–water partition coefficient (Wildman–Crippen LogP) is 4.23. The second kappa shape index (κ2) is 9.05. The van der Waals surface area contributed by atoms with E-state index < -0.39 is 0 Å². The normalized spacial score (nSPS) is 11.4. The van der Waals surface area contributed by atoms with Crippen LogP contribution in [0, 0.1) is 6.92 Å².